The maximum absolute atomic E-state index is 12.0. The number of ether oxygens (including phenoxy) is 1. The van der Waals surface area contributed by atoms with E-state index in [0.29, 0.717) is 0 Å². The van der Waals surface area contributed by atoms with Gasteiger partial charge in [0.2, 0.25) is 0 Å². The van der Waals surface area contributed by atoms with Crippen LogP contribution in [0.2, 0.25) is 0 Å². The van der Waals surface area contributed by atoms with Crippen molar-refractivity contribution in [2.75, 3.05) is 0 Å². The SMILES string of the molecule is O=S(=O)([O-])C(F)(F)C(F)(F)OC(F)(F)F.[Na+]. The van der Waals surface area contributed by atoms with Gasteiger partial charge in [0.05, 0.1) is 0 Å². The van der Waals surface area contributed by atoms with Gasteiger partial charge in [-0.15, -0.1) is 13.2 Å². The Morgan fingerprint density at radius 3 is 1.44 bits per heavy atom. The van der Waals surface area contributed by atoms with Crippen molar-refractivity contribution >= 4 is 10.1 Å². The van der Waals surface area contributed by atoms with Gasteiger partial charge in [0.1, 0.15) is 0 Å². The van der Waals surface area contributed by atoms with E-state index in [-0.39, 0.29) is 29.6 Å². The van der Waals surface area contributed by atoms with Crippen LogP contribution in [0.4, 0.5) is 30.7 Å². The maximum Gasteiger partial charge on any atom is 1.00 e. The minimum absolute atomic E-state index is 0. The summed E-state index contributed by atoms with van der Waals surface area (Å²) in [4.78, 5) is 0. The summed E-state index contributed by atoms with van der Waals surface area (Å²) in [5.74, 6) is 0. The molecule has 0 aliphatic heterocycles. The van der Waals surface area contributed by atoms with Crippen LogP contribution in [0, 0.1) is 0 Å². The van der Waals surface area contributed by atoms with Gasteiger partial charge in [-0.25, -0.2) is 13.2 Å². The van der Waals surface area contributed by atoms with Gasteiger partial charge in [-0.2, -0.15) is 17.6 Å². The van der Waals surface area contributed by atoms with E-state index in [1.54, 1.807) is 4.74 Å². The molecule has 16 heavy (non-hydrogen) atoms. The molecule has 0 aromatic rings. The summed E-state index contributed by atoms with van der Waals surface area (Å²) in [6, 6.07) is 0. The van der Waals surface area contributed by atoms with Crippen molar-refractivity contribution < 1.29 is 78.0 Å². The zero-order valence-electron chi connectivity index (χ0n) is 7.19. The molecular weight excluding hydrogens is 288 g/mol. The molecule has 92 valence electrons. The molecule has 0 radical (unpaired) electrons. The van der Waals surface area contributed by atoms with Crippen LogP contribution in [0.25, 0.3) is 0 Å². The zero-order valence-corrected chi connectivity index (χ0v) is 10.0. The maximum atomic E-state index is 12.0. The minimum Gasteiger partial charge on any atom is -0.743 e. The van der Waals surface area contributed by atoms with Crippen LogP contribution in [-0.2, 0) is 14.9 Å². The second-order valence-electron chi connectivity index (χ2n) is 2.04. The van der Waals surface area contributed by atoms with Crippen molar-refractivity contribution in [2.24, 2.45) is 0 Å². The van der Waals surface area contributed by atoms with Crippen molar-refractivity contribution in [3.05, 3.63) is 0 Å². The van der Waals surface area contributed by atoms with E-state index in [2.05, 4.69) is 0 Å². The fourth-order valence-corrected chi connectivity index (χ4v) is 0.683. The van der Waals surface area contributed by atoms with E-state index >= 15 is 0 Å². The summed E-state index contributed by atoms with van der Waals surface area (Å²) in [7, 11) is -6.99. The summed E-state index contributed by atoms with van der Waals surface area (Å²) in [6.45, 7) is 0. The molecule has 0 unspecified atom stereocenters. The summed E-state index contributed by atoms with van der Waals surface area (Å²) >= 11 is 0. The van der Waals surface area contributed by atoms with Crippen molar-refractivity contribution in [3.63, 3.8) is 0 Å². The predicted octanol–water partition coefficient (Wildman–Crippen LogP) is -1.74. The van der Waals surface area contributed by atoms with Gasteiger partial charge in [0.25, 0.3) is 0 Å². The normalized spacial score (nSPS) is 14.5. The number of alkyl halides is 7. The molecule has 0 aliphatic rings. The van der Waals surface area contributed by atoms with Crippen LogP contribution in [0.1, 0.15) is 0 Å². The van der Waals surface area contributed by atoms with E-state index in [1.807, 2.05) is 0 Å². The van der Waals surface area contributed by atoms with Gasteiger partial charge >= 0.3 is 47.3 Å². The molecule has 0 aromatic heterocycles. The fraction of sp³-hybridized carbons (Fsp3) is 1.00. The molecule has 13 heteroatoms. The molecule has 0 fully saturated rings. The Balaban J connectivity index is 0. The Hall–Kier alpha value is 0.380. The average molecular weight is 288 g/mol. The molecule has 0 amide bonds. The third kappa shape index (κ3) is 4.33. The number of hydrogen-bond acceptors (Lipinski definition) is 4. The first-order chi connectivity index (χ1) is 6.21. The monoisotopic (exact) mass is 288 g/mol. The zero-order chi connectivity index (χ0) is 12.7. The van der Waals surface area contributed by atoms with Gasteiger partial charge in [0, 0.05) is 0 Å². The Labute approximate surface area is 106 Å². The van der Waals surface area contributed by atoms with Crippen LogP contribution in [0.5, 0.6) is 0 Å². The summed E-state index contributed by atoms with van der Waals surface area (Å²) in [5.41, 5.74) is 0. The first-order valence-corrected chi connectivity index (χ1v) is 4.09. The fourth-order valence-electron chi connectivity index (χ4n) is 0.350. The molecular formula is C3F7NaO4S. The molecule has 0 saturated heterocycles. The summed E-state index contributed by atoms with van der Waals surface area (Å²) in [6.07, 6.45) is -12.7. The van der Waals surface area contributed by atoms with Gasteiger partial charge in [-0.1, -0.05) is 0 Å². The minimum atomic E-state index is -6.99. The predicted molar refractivity (Wildman–Crippen MR) is 26.7 cm³/mol. The molecule has 4 nitrogen and oxygen atoms in total. The van der Waals surface area contributed by atoms with Crippen molar-refractivity contribution in [3.8, 4) is 0 Å². The van der Waals surface area contributed by atoms with Crippen molar-refractivity contribution in [2.45, 2.75) is 17.7 Å². The van der Waals surface area contributed by atoms with Crippen LogP contribution < -0.4 is 29.6 Å². The summed E-state index contributed by atoms with van der Waals surface area (Å²) < 4.78 is 111. The quantitative estimate of drug-likeness (QED) is 0.351. The molecule has 0 aliphatic carbocycles. The van der Waals surface area contributed by atoms with Crippen LogP contribution >= 0.6 is 0 Å². The van der Waals surface area contributed by atoms with E-state index in [9.17, 15) is 43.7 Å². The Morgan fingerprint density at radius 1 is 0.938 bits per heavy atom. The van der Waals surface area contributed by atoms with Crippen LogP contribution in [0.3, 0.4) is 0 Å². The number of hydrogen-bond donors (Lipinski definition) is 0. The van der Waals surface area contributed by atoms with Crippen LogP contribution in [-0.4, -0.2) is 30.7 Å². The van der Waals surface area contributed by atoms with E-state index in [0.717, 1.165) is 0 Å². The van der Waals surface area contributed by atoms with E-state index in [4.69, 9.17) is 0 Å². The molecule has 0 saturated carbocycles. The molecule has 0 N–H and O–H groups in total. The topological polar surface area (TPSA) is 66.4 Å². The number of rotatable bonds is 3. The van der Waals surface area contributed by atoms with Gasteiger partial charge < -0.3 is 4.55 Å². The molecule has 0 aromatic carbocycles. The molecule has 0 atom stereocenters. The van der Waals surface area contributed by atoms with Gasteiger partial charge in [-0.3, -0.25) is 0 Å². The largest absolute Gasteiger partial charge is 1.00 e. The van der Waals surface area contributed by atoms with Gasteiger partial charge in [-0.05, 0) is 0 Å². The van der Waals surface area contributed by atoms with Gasteiger partial charge in [0.15, 0.2) is 10.1 Å². The molecule has 0 spiro atoms. The first kappa shape index (κ1) is 18.7. The Bertz CT molecular complexity index is 334. The van der Waals surface area contributed by atoms with Crippen molar-refractivity contribution in [1.82, 2.24) is 0 Å². The van der Waals surface area contributed by atoms with Crippen molar-refractivity contribution in [1.29, 1.82) is 0 Å². The Kier molecular flexibility index (Phi) is 5.78. The Morgan fingerprint density at radius 2 is 1.25 bits per heavy atom. The third-order valence-corrected chi connectivity index (χ3v) is 1.76. The second-order valence-corrected chi connectivity index (χ2v) is 3.46. The van der Waals surface area contributed by atoms with Crippen LogP contribution in [0.15, 0.2) is 0 Å². The summed E-state index contributed by atoms with van der Waals surface area (Å²) in [5, 5.41) is -6.52. The molecule has 0 heterocycles. The average Bonchev–Trinajstić information content (AvgIpc) is 1.77. The number of halogens is 7. The molecule has 0 rings (SSSR count). The standard InChI is InChI=1S/C3HF7O4S.Na/c4-1(5,14-3(8,9)10)2(6,7)15(11,12)13;/h(H,11,12,13);/q;+1/p-1. The first-order valence-electron chi connectivity index (χ1n) is 2.69. The third-order valence-electron chi connectivity index (χ3n) is 0.897. The smallest absolute Gasteiger partial charge is 0.743 e. The van der Waals surface area contributed by atoms with E-state index < -0.39 is 27.8 Å². The molecule has 0 bridgehead atoms. The van der Waals surface area contributed by atoms with E-state index in [1.165, 1.54) is 0 Å². The second kappa shape index (κ2) is 4.94.